The Kier molecular flexibility index (Phi) is 4.50. The zero-order chi connectivity index (χ0) is 18.2. The van der Waals surface area contributed by atoms with Crippen molar-refractivity contribution in [2.24, 2.45) is 5.92 Å². The van der Waals surface area contributed by atoms with Crippen LogP contribution in [-0.2, 0) is 4.74 Å². The molecule has 1 saturated heterocycles. The Morgan fingerprint density at radius 1 is 1.33 bits per heavy atom. The first-order valence-electron chi connectivity index (χ1n) is 9.80. The van der Waals surface area contributed by atoms with E-state index < -0.39 is 0 Å². The van der Waals surface area contributed by atoms with Crippen LogP contribution in [0.25, 0.3) is 0 Å². The molecule has 5 rings (SSSR count). The summed E-state index contributed by atoms with van der Waals surface area (Å²) in [5, 5.41) is 8.91. The van der Waals surface area contributed by atoms with Gasteiger partial charge >= 0.3 is 0 Å². The molecule has 0 saturated carbocycles. The largest absolute Gasteiger partial charge is 0.377 e. The van der Waals surface area contributed by atoms with Crippen molar-refractivity contribution >= 4 is 22.9 Å². The van der Waals surface area contributed by atoms with E-state index in [0.29, 0.717) is 24.4 Å². The number of ether oxygens (including phenoxy) is 1. The average Bonchev–Trinajstić information content (AvgIpc) is 3.47. The van der Waals surface area contributed by atoms with Gasteiger partial charge in [-0.2, -0.15) is 0 Å². The van der Waals surface area contributed by atoms with Gasteiger partial charge < -0.3 is 15.4 Å². The lowest BCUT2D eigenvalue weighted by Crippen LogP contribution is -2.32. The molecule has 1 aliphatic carbocycles. The summed E-state index contributed by atoms with van der Waals surface area (Å²) in [6, 6.07) is 10.8. The molecule has 4 atom stereocenters. The van der Waals surface area contributed by atoms with E-state index in [-0.39, 0.29) is 12.0 Å². The number of nitrogens with one attached hydrogen (secondary N) is 2. The highest BCUT2D eigenvalue weighted by Gasteiger charge is 2.38. The summed E-state index contributed by atoms with van der Waals surface area (Å²) in [6.45, 7) is 1.41. The summed E-state index contributed by atoms with van der Waals surface area (Å²) in [5.41, 5.74) is 3.13. The Balaban J connectivity index is 1.37. The van der Waals surface area contributed by atoms with Gasteiger partial charge in [0.15, 0.2) is 0 Å². The molecule has 0 spiro atoms. The molecule has 1 aromatic carbocycles. The predicted molar refractivity (Wildman–Crippen MR) is 108 cm³/mol. The molecule has 140 valence electrons. The van der Waals surface area contributed by atoms with Gasteiger partial charge in [0, 0.05) is 35.2 Å². The Labute approximate surface area is 163 Å². The number of hydrogen-bond donors (Lipinski definition) is 2. The van der Waals surface area contributed by atoms with E-state index in [1.165, 1.54) is 10.4 Å². The molecule has 1 fully saturated rings. The molecule has 1 aromatic heterocycles. The van der Waals surface area contributed by atoms with Gasteiger partial charge in [0.1, 0.15) is 0 Å². The molecule has 5 heteroatoms. The van der Waals surface area contributed by atoms with Crippen LogP contribution in [-0.4, -0.2) is 25.2 Å². The lowest BCUT2D eigenvalue weighted by atomic mass is 9.78. The molecule has 27 heavy (non-hydrogen) atoms. The molecule has 2 aromatic rings. The summed E-state index contributed by atoms with van der Waals surface area (Å²) < 4.78 is 5.60. The van der Waals surface area contributed by atoms with E-state index in [9.17, 15) is 4.79 Å². The summed E-state index contributed by atoms with van der Waals surface area (Å²) in [6.07, 6.45) is 7.98. The monoisotopic (exact) mass is 380 g/mol. The third-order valence-electron chi connectivity index (χ3n) is 5.99. The van der Waals surface area contributed by atoms with Gasteiger partial charge in [0.25, 0.3) is 5.91 Å². The number of rotatable bonds is 4. The number of amides is 1. The zero-order valence-electron chi connectivity index (χ0n) is 15.2. The van der Waals surface area contributed by atoms with Crippen LogP contribution in [0, 0.1) is 5.92 Å². The molecule has 4 unspecified atom stereocenters. The van der Waals surface area contributed by atoms with Crippen molar-refractivity contribution < 1.29 is 9.53 Å². The van der Waals surface area contributed by atoms with Crippen molar-refractivity contribution in [3.63, 3.8) is 0 Å². The van der Waals surface area contributed by atoms with Gasteiger partial charge in [-0.25, -0.2) is 0 Å². The van der Waals surface area contributed by atoms with Crippen LogP contribution in [0.2, 0.25) is 0 Å². The van der Waals surface area contributed by atoms with Gasteiger partial charge in [0.05, 0.1) is 12.1 Å². The highest BCUT2D eigenvalue weighted by atomic mass is 32.1. The average molecular weight is 381 g/mol. The molecular formula is C22H24N2O2S. The first-order chi connectivity index (χ1) is 13.3. The summed E-state index contributed by atoms with van der Waals surface area (Å²) in [4.78, 5) is 14.0. The molecule has 0 bridgehead atoms. The molecule has 4 nitrogen and oxygen atoms in total. The maximum absolute atomic E-state index is 12.6. The fourth-order valence-electron chi connectivity index (χ4n) is 4.60. The first-order valence-corrected chi connectivity index (χ1v) is 10.7. The standard InChI is InChI=1S/C22H24N2O2S/c25-22(23-13-15-4-2-10-26-15)14-8-9-19-18(12-14)16-5-1-6-17(16)21(24-19)20-7-3-11-27-20/h1,3,5,7-9,11-12,15-17,21,24H,2,4,6,10,13H2,(H,23,25). The Morgan fingerprint density at radius 2 is 2.30 bits per heavy atom. The normalized spacial score (nSPS) is 28.4. The molecule has 2 N–H and O–H groups in total. The van der Waals surface area contributed by atoms with E-state index in [2.05, 4.69) is 52.4 Å². The van der Waals surface area contributed by atoms with Crippen molar-refractivity contribution in [2.75, 3.05) is 18.5 Å². The fraction of sp³-hybridized carbons (Fsp3) is 0.409. The SMILES string of the molecule is O=C(NCC1CCCO1)c1ccc2c(c1)C1C=CCC1C(c1cccs1)N2. The Bertz CT molecular complexity index is 855. The highest BCUT2D eigenvalue weighted by molar-refractivity contribution is 7.10. The second kappa shape index (κ2) is 7.13. The smallest absolute Gasteiger partial charge is 0.251 e. The minimum Gasteiger partial charge on any atom is -0.377 e. The summed E-state index contributed by atoms with van der Waals surface area (Å²) >= 11 is 1.81. The lowest BCUT2D eigenvalue weighted by Gasteiger charge is -2.37. The first kappa shape index (κ1) is 17.0. The van der Waals surface area contributed by atoms with Gasteiger partial charge in [-0.1, -0.05) is 18.2 Å². The number of carbonyl (C=O) groups excluding carboxylic acids is 1. The van der Waals surface area contributed by atoms with Crippen LogP contribution in [0.1, 0.15) is 52.0 Å². The Hall–Kier alpha value is -2.11. The van der Waals surface area contributed by atoms with Crippen LogP contribution in [0.4, 0.5) is 5.69 Å². The van der Waals surface area contributed by atoms with Crippen molar-refractivity contribution in [2.45, 2.75) is 37.3 Å². The van der Waals surface area contributed by atoms with Crippen LogP contribution in [0.5, 0.6) is 0 Å². The summed E-state index contributed by atoms with van der Waals surface area (Å²) in [5.74, 6) is 0.882. The predicted octanol–water partition coefficient (Wildman–Crippen LogP) is 4.48. The quantitative estimate of drug-likeness (QED) is 0.769. The molecule has 2 aliphatic heterocycles. The molecule has 1 amide bonds. The van der Waals surface area contributed by atoms with Gasteiger partial charge in [0.2, 0.25) is 0 Å². The van der Waals surface area contributed by atoms with Gasteiger partial charge in [-0.05, 0) is 60.4 Å². The second-order valence-corrected chi connectivity index (χ2v) is 8.62. The van der Waals surface area contributed by atoms with Crippen molar-refractivity contribution in [3.8, 4) is 0 Å². The van der Waals surface area contributed by atoms with Crippen LogP contribution < -0.4 is 10.6 Å². The van der Waals surface area contributed by atoms with Crippen molar-refractivity contribution in [1.82, 2.24) is 5.32 Å². The molecule has 0 radical (unpaired) electrons. The highest BCUT2D eigenvalue weighted by Crippen LogP contribution is 2.50. The molecule has 3 aliphatic rings. The molecule has 3 heterocycles. The third kappa shape index (κ3) is 3.19. The third-order valence-corrected chi connectivity index (χ3v) is 6.94. The van der Waals surface area contributed by atoms with Gasteiger partial charge in [-0.15, -0.1) is 11.3 Å². The van der Waals surface area contributed by atoms with E-state index >= 15 is 0 Å². The van der Waals surface area contributed by atoms with E-state index in [0.717, 1.165) is 37.1 Å². The van der Waals surface area contributed by atoms with Crippen molar-refractivity contribution in [3.05, 3.63) is 63.9 Å². The number of fused-ring (bicyclic) bond motifs is 3. The zero-order valence-corrected chi connectivity index (χ0v) is 16.0. The van der Waals surface area contributed by atoms with Gasteiger partial charge in [-0.3, -0.25) is 4.79 Å². The maximum Gasteiger partial charge on any atom is 0.251 e. The molecular weight excluding hydrogens is 356 g/mol. The number of carbonyl (C=O) groups is 1. The van der Waals surface area contributed by atoms with E-state index in [4.69, 9.17) is 4.74 Å². The number of anilines is 1. The van der Waals surface area contributed by atoms with E-state index in [1.807, 2.05) is 17.4 Å². The maximum atomic E-state index is 12.6. The summed E-state index contributed by atoms with van der Waals surface area (Å²) in [7, 11) is 0. The van der Waals surface area contributed by atoms with Crippen LogP contribution >= 0.6 is 11.3 Å². The number of hydrogen-bond acceptors (Lipinski definition) is 4. The minimum absolute atomic E-state index is 0.00722. The fourth-order valence-corrected chi connectivity index (χ4v) is 5.45. The van der Waals surface area contributed by atoms with Crippen LogP contribution in [0.3, 0.4) is 0 Å². The lowest BCUT2D eigenvalue weighted by molar-refractivity contribution is 0.0857. The topological polar surface area (TPSA) is 50.4 Å². The number of allylic oxidation sites excluding steroid dienone is 2. The minimum atomic E-state index is -0.00722. The second-order valence-electron chi connectivity index (χ2n) is 7.64. The van der Waals surface area contributed by atoms with Crippen molar-refractivity contribution in [1.29, 1.82) is 0 Å². The number of thiophene rings is 1. The number of benzene rings is 1. The van der Waals surface area contributed by atoms with E-state index in [1.54, 1.807) is 0 Å². The van der Waals surface area contributed by atoms with Crippen LogP contribution in [0.15, 0.2) is 47.9 Å². The Morgan fingerprint density at radius 3 is 3.11 bits per heavy atom.